The third kappa shape index (κ3) is 4.75. The monoisotopic (exact) mass is 251 g/mol. The first-order valence-electron chi connectivity index (χ1n) is 5.21. The lowest BCUT2D eigenvalue weighted by Crippen LogP contribution is -2.06. The number of carbonyl (C=O) groups is 1. The average Bonchev–Trinajstić information content (AvgIpc) is 2.37. The quantitative estimate of drug-likeness (QED) is 0.253. The van der Waals surface area contributed by atoms with Gasteiger partial charge in [0.05, 0.1) is 11.5 Å². The van der Waals surface area contributed by atoms with E-state index in [0.717, 1.165) is 0 Å². The first-order valence-corrected chi connectivity index (χ1v) is 5.21. The first kappa shape index (κ1) is 13.9. The van der Waals surface area contributed by atoms with Crippen molar-refractivity contribution in [1.29, 1.82) is 0 Å². The van der Waals surface area contributed by atoms with E-state index in [1.165, 1.54) is 31.4 Å². The van der Waals surface area contributed by atoms with Crippen LogP contribution in [0.4, 0.5) is 5.69 Å². The van der Waals surface area contributed by atoms with Crippen molar-refractivity contribution in [2.24, 2.45) is 0 Å². The summed E-state index contributed by atoms with van der Waals surface area (Å²) >= 11 is 0. The minimum Gasteiger partial charge on any atom is -0.460 e. The number of hydrogen-bond acceptors (Lipinski definition) is 5. The number of carbonyl (C=O) groups excluding carboxylic acids is 1. The number of non-ortho nitro benzene ring substituents is 1. The molecule has 0 aliphatic heterocycles. The second-order valence-corrected chi connectivity index (χ2v) is 3.35. The molecule has 6 nitrogen and oxygen atoms in total. The highest BCUT2D eigenvalue weighted by Gasteiger charge is 2.04. The van der Waals surface area contributed by atoms with E-state index in [4.69, 9.17) is 9.47 Å². The van der Waals surface area contributed by atoms with Gasteiger partial charge in [-0.3, -0.25) is 10.1 Å². The van der Waals surface area contributed by atoms with Crippen LogP contribution in [0.2, 0.25) is 0 Å². The van der Waals surface area contributed by atoms with Crippen LogP contribution in [0.1, 0.15) is 5.56 Å². The maximum atomic E-state index is 11.2. The summed E-state index contributed by atoms with van der Waals surface area (Å²) in [7, 11) is 1.51. The molecule has 1 aromatic carbocycles. The van der Waals surface area contributed by atoms with Gasteiger partial charge in [-0.25, -0.2) is 4.79 Å². The standard InChI is InChI=1S/C12H13NO5/c1-17-7-8-18-12(14)6-5-10-3-2-4-11(9-10)13(15)16/h2-6,9H,7-8H2,1H3/b6-5+. The summed E-state index contributed by atoms with van der Waals surface area (Å²) in [5, 5.41) is 10.5. The minimum atomic E-state index is -0.515. The molecule has 0 saturated heterocycles. The fraction of sp³-hybridized carbons (Fsp3) is 0.250. The zero-order valence-corrected chi connectivity index (χ0v) is 9.87. The molecule has 1 rings (SSSR count). The number of rotatable bonds is 6. The molecule has 0 aliphatic carbocycles. The Morgan fingerprint density at radius 2 is 2.22 bits per heavy atom. The highest BCUT2D eigenvalue weighted by Crippen LogP contribution is 2.14. The topological polar surface area (TPSA) is 78.7 Å². The third-order valence-electron chi connectivity index (χ3n) is 2.02. The predicted octanol–water partition coefficient (Wildman–Crippen LogP) is 1.80. The van der Waals surface area contributed by atoms with Crippen molar-refractivity contribution < 1.29 is 19.2 Å². The maximum Gasteiger partial charge on any atom is 0.330 e. The SMILES string of the molecule is COCCOC(=O)/C=C/c1cccc([N+](=O)[O-])c1. The first-order chi connectivity index (χ1) is 8.63. The molecule has 0 aliphatic rings. The molecule has 0 radical (unpaired) electrons. The van der Waals surface area contributed by atoms with Gasteiger partial charge in [0, 0.05) is 25.3 Å². The summed E-state index contributed by atoms with van der Waals surface area (Å²) in [6, 6.07) is 5.97. The van der Waals surface area contributed by atoms with Crippen molar-refractivity contribution in [3.05, 3.63) is 46.0 Å². The molecular formula is C12H13NO5. The summed E-state index contributed by atoms with van der Waals surface area (Å²) in [5.41, 5.74) is 0.540. The van der Waals surface area contributed by atoms with E-state index in [1.54, 1.807) is 12.1 Å². The molecule has 0 unspecified atom stereocenters. The van der Waals surface area contributed by atoms with Gasteiger partial charge in [-0.05, 0) is 11.6 Å². The lowest BCUT2D eigenvalue weighted by Gasteiger charge is -1.99. The van der Waals surface area contributed by atoms with Crippen LogP contribution in [0.5, 0.6) is 0 Å². The fourth-order valence-corrected chi connectivity index (χ4v) is 1.18. The summed E-state index contributed by atoms with van der Waals surface area (Å²) in [4.78, 5) is 21.3. The zero-order valence-electron chi connectivity index (χ0n) is 9.87. The number of ether oxygens (including phenoxy) is 2. The summed E-state index contributed by atoms with van der Waals surface area (Å²) in [6.07, 6.45) is 2.68. The normalized spacial score (nSPS) is 10.5. The summed E-state index contributed by atoms with van der Waals surface area (Å²) in [5.74, 6) is -0.515. The van der Waals surface area contributed by atoms with Crippen LogP contribution in [0.15, 0.2) is 30.3 Å². The molecule has 96 valence electrons. The Bertz CT molecular complexity index is 456. The molecule has 0 bridgehead atoms. The highest BCUT2D eigenvalue weighted by atomic mass is 16.6. The predicted molar refractivity (Wildman–Crippen MR) is 65.0 cm³/mol. The van der Waals surface area contributed by atoms with Crippen LogP contribution in [0, 0.1) is 10.1 Å². The Hall–Kier alpha value is -2.21. The third-order valence-corrected chi connectivity index (χ3v) is 2.02. The summed E-state index contributed by atoms with van der Waals surface area (Å²) in [6.45, 7) is 0.505. The molecule has 0 fully saturated rings. The smallest absolute Gasteiger partial charge is 0.330 e. The molecule has 0 heterocycles. The molecule has 0 spiro atoms. The molecule has 0 N–H and O–H groups in total. The summed E-state index contributed by atoms with van der Waals surface area (Å²) < 4.78 is 9.52. The number of methoxy groups -OCH3 is 1. The van der Waals surface area contributed by atoms with Gasteiger partial charge in [-0.2, -0.15) is 0 Å². The number of nitro groups is 1. The van der Waals surface area contributed by atoms with Gasteiger partial charge in [-0.1, -0.05) is 12.1 Å². The van der Waals surface area contributed by atoms with Gasteiger partial charge in [0.15, 0.2) is 0 Å². The van der Waals surface area contributed by atoms with Gasteiger partial charge in [-0.15, -0.1) is 0 Å². The number of nitrogens with zero attached hydrogens (tertiary/aromatic N) is 1. The van der Waals surface area contributed by atoms with Gasteiger partial charge in [0.1, 0.15) is 6.61 Å². The Morgan fingerprint density at radius 3 is 2.89 bits per heavy atom. The van der Waals surface area contributed by atoms with Gasteiger partial charge in [0.25, 0.3) is 5.69 Å². The Balaban J connectivity index is 2.58. The van der Waals surface area contributed by atoms with Crippen molar-refractivity contribution >= 4 is 17.7 Å². The van der Waals surface area contributed by atoms with Crippen molar-refractivity contribution in [3.63, 3.8) is 0 Å². The molecular weight excluding hydrogens is 238 g/mol. The van der Waals surface area contributed by atoms with E-state index >= 15 is 0 Å². The van der Waals surface area contributed by atoms with Crippen LogP contribution in [-0.4, -0.2) is 31.2 Å². The van der Waals surface area contributed by atoms with Crippen LogP contribution in [-0.2, 0) is 14.3 Å². The average molecular weight is 251 g/mol. The lowest BCUT2D eigenvalue weighted by atomic mass is 10.2. The number of nitro benzene ring substituents is 1. The van der Waals surface area contributed by atoms with Gasteiger partial charge >= 0.3 is 5.97 Å². The number of hydrogen-bond donors (Lipinski definition) is 0. The van der Waals surface area contributed by atoms with E-state index in [2.05, 4.69) is 0 Å². The molecule has 1 aromatic rings. The minimum absolute atomic E-state index is 0.0232. The molecule has 0 atom stereocenters. The fourth-order valence-electron chi connectivity index (χ4n) is 1.18. The second-order valence-electron chi connectivity index (χ2n) is 3.35. The Labute approximate surface area is 104 Å². The van der Waals surface area contributed by atoms with Gasteiger partial charge in [0.2, 0.25) is 0 Å². The van der Waals surface area contributed by atoms with E-state index < -0.39 is 10.9 Å². The number of benzene rings is 1. The van der Waals surface area contributed by atoms with Crippen LogP contribution in [0.3, 0.4) is 0 Å². The van der Waals surface area contributed by atoms with Crippen LogP contribution < -0.4 is 0 Å². The van der Waals surface area contributed by atoms with Crippen LogP contribution >= 0.6 is 0 Å². The van der Waals surface area contributed by atoms with Crippen molar-refractivity contribution in [3.8, 4) is 0 Å². The largest absolute Gasteiger partial charge is 0.460 e. The van der Waals surface area contributed by atoms with E-state index in [9.17, 15) is 14.9 Å². The van der Waals surface area contributed by atoms with Crippen molar-refractivity contribution in [2.45, 2.75) is 0 Å². The number of esters is 1. The molecule has 0 saturated carbocycles. The van der Waals surface area contributed by atoms with E-state index in [-0.39, 0.29) is 12.3 Å². The van der Waals surface area contributed by atoms with Crippen LogP contribution in [0.25, 0.3) is 6.08 Å². The second kappa shape index (κ2) is 7.18. The lowest BCUT2D eigenvalue weighted by molar-refractivity contribution is -0.384. The molecule has 18 heavy (non-hydrogen) atoms. The molecule has 0 aromatic heterocycles. The van der Waals surface area contributed by atoms with E-state index in [1.807, 2.05) is 0 Å². The molecule has 6 heteroatoms. The van der Waals surface area contributed by atoms with Crippen molar-refractivity contribution in [1.82, 2.24) is 0 Å². The highest BCUT2D eigenvalue weighted by molar-refractivity contribution is 5.87. The maximum absolute atomic E-state index is 11.2. The Kier molecular flexibility index (Phi) is 5.53. The molecule has 0 amide bonds. The van der Waals surface area contributed by atoms with Gasteiger partial charge < -0.3 is 9.47 Å². The zero-order chi connectivity index (χ0) is 13.4. The Morgan fingerprint density at radius 1 is 1.44 bits per heavy atom. The van der Waals surface area contributed by atoms with Crippen molar-refractivity contribution in [2.75, 3.05) is 20.3 Å². The van der Waals surface area contributed by atoms with E-state index in [0.29, 0.717) is 12.2 Å².